The molecule has 0 radical (unpaired) electrons. The van der Waals surface area contributed by atoms with Gasteiger partial charge in [0.05, 0.1) is 9.82 Å². The van der Waals surface area contributed by atoms with Crippen LogP contribution < -0.4 is 29.6 Å². The number of nitro benzene ring substituents is 1. The van der Waals surface area contributed by atoms with Gasteiger partial charge in [0.1, 0.15) is 10.1 Å². The molecule has 0 aliphatic rings. The maximum atomic E-state index is 10.6. The molecule has 0 atom stereocenters. The number of hydrogen-bond acceptors (Lipinski definition) is 5. The van der Waals surface area contributed by atoms with Gasteiger partial charge in [-0.15, -0.1) is 0 Å². The van der Waals surface area contributed by atoms with E-state index in [1.165, 1.54) is 6.92 Å². The van der Waals surface area contributed by atoms with E-state index in [4.69, 9.17) is 0 Å². The zero-order valence-corrected chi connectivity index (χ0v) is 10.9. The van der Waals surface area contributed by atoms with Gasteiger partial charge in [-0.25, -0.2) is 8.42 Å². The van der Waals surface area contributed by atoms with Crippen molar-refractivity contribution in [1.29, 1.82) is 0 Å². The fourth-order valence-electron chi connectivity index (χ4n) is 1.03. The number of nitrogens with zero attached hydrogens (tertiary/aromatic N) is 1. The minimum absolute atomic E-state index is 0. The molecule has 1 rings (SSSR count). The molecule has 0 bridgehead atoms. The summed E-state index contributed by atoms with van der Waals surface area (Å²) in [6.45, 7) is 1.33. The Morgan fingerprint density at radius 3 is 2.20 bits per heavy atom. The zero-order chi connectivity index (χ0) is 10.9. The third-order valence-corrected chi connectivity index (χ3v) is 2.64. The predicted molar refractivity (Wildman–Crippen MR) is 45.8 cm³/mol. The molecule has 76 valence electrons. The summed E-state index contributed by atoms with van der Waals surface area (Å²) in [5.74, 6) is 0. The Labute approximate surface area is 108 Å². The zero-order valence-electron chi connectivity index (χ0n) is 8.13. The van der Waals surface area contributed by atoms with Crippen LogP contribution in [0.15, 0.2) is 23.1 Å². The van der Waals surface area contributed by atoms with Crippen molar-refractivity contribution in [2.75, 3.05) is 0 Å². The summed E-state index contributed by atoms with van der Waals surface area (Å²) in [6.07, 6.45) is 0. The Morgan fingerprint density at radius 1 is 1.33 bits per heavy atom. The molecule has 0 fully saturated rings. The summed E-state index contributed by atoms with van der Waals surface area (Å²) in [4.78, 5) is 9.21. The van der Waals surface area contributed by atoms with Crippen LogP contribution in [0.2, 0.25) is 0 Å². The largest absolute Gasteiger partial charge is 1.00 e. The van der Waals surface area contributed by atoms with E-state index in [2.05, 4.69) is 0 Å². The molecule has 1 aromatic rings. The Bertz CT molecular complexity index is 484. The van der Waals surface area contributed by atoms with Crippen molar-refractivity contribution < 1.29 is 47.5 Å². The van der Waals surface area contributed by atoms with E-state index >= 15 is 0 Å². The van der Waals surface area contributed by atoms with Crippen LogP contribution in [0.4, 0.5) is 5.69 Å². The van der Waals surface area contributed by atoms with Crippen LogP contribution in [0, 0.1) is 17.0 Å². The molecule has 0 aliphatic carbocycles. The summed E-state index contributed by atoms with van der Waals surface area (Å²) in [6, 6.07) is 2.97. The smallest absolute Gasteiger partial charge is 0.744 e. The first-order valence-corrected chi connectivity index (χ1v) is 4.94. The molecule has 0 N–H and O–H groups in total. The van der Waals surface area contributed by atoms with E-state index in [1.54, 1.807) is 0 Å². The topological polar surface area (TPSA) is 100 Å². The van der Waals surface area contributed by atoms with Gasteiger partial charge in [-0.2, -0.15) is 0 Å². The number of non-ortho nitro benzene ring substituents is 1. The number of aryl methyl sites for hydroxylation is 1. The standard InChI is InChI=1S/C7H7NO5S.Na/c1-5-4-6(8(9)10)2-3-7(5)14(11,12)13;/h2-4H,1H3,(H,11,12,13);/q;+1/p-1. The van der Waals surface area contributed by atoms with E-state index in [9.17, 15) is 23.1 Å². The normalized spacial score (nSPS) is 10.5. The van der Waals surface area contributed by atoms with E-state index < -0.39 is 19.9 Å². The van der Waals surface area contributed by atoms with Gasteiger partial charge in [-0.3, -0.25) is 10.1 Å². The molecule has 6 nitrogen and oxygen atoms in total. The van der Waals surface area contributed by atoms with E-state index in [0.717, 1.165) is 18.2 Å². The summed E-state index contributed by atoms with van der Waals surface area (Å²) in [5, 5.41) is 10.3. The summed E-state index contributed by atoms with van der Waals surface area (Å²) in [7, 11) is -4.55. The predicted octanol–water partition coefficient (Wildman–Crippen LogP) is -2.19. The molecule has 15 heavy (non-hydrogen) atoms. The average Bonchev–Trinajstić information content (AvgIpc) is 2.01. The van der Waals surface area contributed by atoms with Crippen molar-refractivity contribution in [3.63, 3.8) is 0 Å². The Morgan fingerprint density at radius 2 is 1.87 bits per heavy atom. The van der Waals surface area contributed by atoms with Gasteiger partial charge in [-0.05, 0) is 18.6 Å². The molecule has 0 saturated carbocycles. The maximum Gasteiger partial charge on any atom is 1.00 e. The molecular weight excluding hydrogens is 233 g/mol. The minimum Gasteiger partial charge on any atom is -0.744 e. The van der Waals surface area contributed by atoms with Crippen molar-refractivity contribution in [1.82, 2.24) is 0 Å². The number of nitro groups is 1. The second-order valence-corrected chi connectivity index (χ2v) is 4.01. The van der Waals surface area contributed by atoms with E-state index in [0.29, 0.717) is 0 Å². The maximum absolute atomic E-state index is 10.6. The van der Waals surface area contributed by atoms with Crippen LogP contribution in [-0.4, -0.2) is 17.9 Å². The monoisotopic (exact) mass is 239 g/mol. The summed E-state index contributed by atoms with van der Waals surface area (Å²) in [5.41, 5.74) is -0.163. The fourth-order valence-corrected chi connectivity index (χ4v) is 1.72. The molecule has 0 aliphatic heterocycles. The fraction of sp³-hybridized carbons (Fsp3) is 0.143. The molecular formula is C7H6NNaO5S. The van der Waals surface area contributed by atoms with Gasteiger partial charge in [0, 0.05) is 12.1 Å². The summed E-state index contributed by atoms with van der Waals surface area (Å²) >= 11 is 0. The van der Waals surface area contributed by atoms with Gasteiger partial charge in [-0.1, -0.05) is 0 Å². The van der Waals surface area contributed by atoms with Crippen LogP contribution >= 0.6 is 0 Å². The Balaban J connectivity index is 0.00000196. The van der Waals surface area contributed by atoms with Crippen molar-refractivity contribution in [3.05, 3.63) is 33.9 Å². The van der Waals surface area contributed by atoms with Gasteiger partial charge >= 0.3 is 29.6 Å². The van der Waals surface area contributed by atoms with Gasteiger partial charge in [0.2, 0.25) is 0 Å². The van der Waals surface area contributed by atoms with Crippen LogP contribution in [0.5, 0.6) is 0 Å². The second-order valence-electron chi connectivity index (χ2n) is 2.66. The van der Waals surface area contributed by atoms with Crippen LogP contribution in [0.1, 0.15) is 5.56 Å². The van der Waals surface area contributed by atoms with Gasteiger partial charge < -0.3 is 4.55 Å². The molecule has 1 aromatic carbocycles. The minimum atomic E-state index is -4.55. The molecule has 0 unspecified atom stereocenters. The van der Waals surface area contributed by atoms with Crippen molar-refractivity contribution >= 4 is 15.8 Å². The first-order chi connectivity index (χ1) is 6.32. The van der Waals surface area contributed by atoms with Gasteiger partial charge in [0.15, 0.2) is 0 Å². The molecule has 0 saturated heterocycles. The van der Waals surface area contributed by atoms with Crippen molar-refractivity contribution in [2.45, 2.75) is 11.8 Å². The van der Waals surface area contributed by atoms with E-state index in [1.807, 2.05) is 0 Å². The second kappa shape index (κ2) is 5.04. The average molecular weight is 239 g/mol. The Kier molecular flexibility index (Phi) is 4.88. The third kappa shape index (κ3) is 3.54. The van der Waals surface area contributed by atoms with Crippen LogP contribution in [0.3, 0.4) is 0 Å². The van der Waals surface area contributed by atoms with E-state index in [-0.39, 0.29) is 40.8 Å². The van der Waals surface area contributed by atoms with Crippen LogP contribution in [-0.2, 0) is 10.1 Å². The molecule has 8 heteroatoms. The molecule has 0 spiro atoms. The number of rotatable bonds is 2. The quantitative estimate of drug-likeness (QED) is 0.252. The number of hydrogen-bond donors (Lipinski definition) is 0. The first-order valence-electron chi connectivity index (χ1n) is 3.53. The molecule has 0 heterocycles. The number of benzene rings is 1. The first kappa shape index (κ1) is 14.5. The SMILES string of the molecule is Cc1cc([N+](=O)[O-])ccc1S(=O)(=O)[O-].[Na+]. The van der Waals surface area contributed by atoms with Crippen molar-refractivity contribution in [2.24, 2.45) is 0 Å². The van der Waals surface area contributed by atoms with Gasteiger partial charge in [0.25, 0.3) is 5.69 Å². The van der Waals surface area contributed by atoms with Crippen LogP contribution in [0.25, 0.3) is 0 Å². The Hall–Kier alpha value is -0.470. The van der Waals surface area contributed by atoms with Crippen molar-refractivity contribution in [3.8, 4) is 0 Å². The molecule has 0 amide bonds. The summed E-state index contributed by atoms with van der Waals surface area (Å²) < 4.78 is 31.8. The molecule has 0 aromatic heterocycles. The third-order valence-electron chi connectivity index (χ3n) is 1.64.